The topological polar surface area (TPSA) is 68.7 Å². The fourth-order valence-electron chi connectivity index (χ4n) is 3.31. The van der Waals surface area contributed by atoms with Crippen LogP contribution in [0.1, 0.15) is 33.8 Å². The zero-order valence-electron chi connectivity index (χ0n) is 17.8. The summed E-state index contributed by atoms with van der Waals surface area (Å²) in [6, 6.07) is 13.6. The van der Waals surface area contributed by atoms with E-state index in [1.54, 1.807) is 31.1 Å². The molecule has 1 aliphatic carbocycles. The zero-order chi connectivity index (χ0) is 22.7. The second-order valence-corrected chi connectivity index (χ2v) is 8.62. The van der Waals surface area contributed by atoms with Gasteiger partial charge in [-0.1, -0.05) is 12.1 Å². The van der Waals surface area contributed by atoms with Crippen molar-refractivity contribution in [1.29, 1.82) is 0 Å². The summed E-state index contributed by atoms with van der Waals surface area (Å²) < 4.78 is 23.7. The van der Waals surface area contributed by atoms with Crippen LogP contribution < -0.4 is 4.74 Å². The van der Waals surface area contributed by atoms with Crippen LogP contribution in [0, 0.1) is 12.7 Å². The predicted molar refractivity (Wildman–Crippen MR) is 119 cm³/mol. The van der Waals surface area contributed by atoms with Gasteiger partial charge in [-0.15, -0.1) is 11.3 Å². The average molecular weight is 455 g/mol. The predicted octanol–water partition coefficient (Wildman–Crippen LogP) is 4.61. The van der Waals surface area contributed by atoms with Crippen LogP contribution >= 0.6 is 11.3 Å². The Hall–Kier alpha value is -3.26. The van der Waals surface area contributed by atoms with E-state index in [1.807, 2.05) is 24.3 Å². The van der Waals surface area contributed by atoms with Gasteiger partial charge in [0.15, 0.2) is 6.61 Å². The summed E-state index contributed by atoms with van der Waals surface area (Å²) in [6.45, 7) is 1.84. The number of carbonyl (C=O) groups is 2. The second-order valence-electron chi connectivity index (χ2n) is 7.62. The molecule has 166 valence electrons. The van der Waals surface area contributed by atoms with E-state index in [0.29, 0.717) is 27.7 Å². The molecule has 0 saturated heterocycles. The molecule has 6 nitrogen and oxygen atoms in total. The fraction of sp³-hybridized carbons (Fsp3) is 0.292. The lowest BCUT2D eigenvalue weighted by molar-refractivity contribution is -0.135. The third-order valence-electron chi connectivity index (χ3n) is 5.22. The van der Waals surface area contributed by atoms with E-state index in [9.17, 15) is 14.0 Å². The number of hydrogen-bond donors (Lipinski definition) is 0. The Balaban J connectivity index is 1.39. The van der Waals surface area contributed by atoms with Crippen LogP contribution in [0.3, 0.4) is 0 Å². The van der Waals surface area contributed by atoms with Gasteiger partial charge in [-0.3, -0.25) is 4.79 Å². The van der Waals surface area contributed by atoms with Gasteiger partial charge in [0.2, 0.25) is 0 Å². The standard InChI is InChI=1S/C24H23FN2O4S/c1-15-22(32-23(26-15)17-5-7-18(25)8-6-17)24(29)31-14-21(28)27(19-9-10-19)13-16-3-11-20(30-2)12-4-16/h3-8,11-12,19H,9-10,13-14H2,1-2H3. The number of aromatic nitrogens is 1. The van der Waals surface area contributed by atoms with Crippen molar-refractivity contribution < 1.29 is 23.5 Å². The number of hydrogen-bond acceptors (Lipinski definition) is 6. The van der Waals surface area contributed by atoms with E-state index < -0.39 is 5.97 Å². The van der Waals surface area contributed by atoms with E-state index >= 15 is 0 Å². The Morgan fingerprint density at radius 1 is 1.12 bits per heavy atom. The maximum Gasteiger partial charge on any atom is 0.350 e. The van der Waals surface area contributed by atoms with Gasteiger partial charge in [0.05, 0.1) is 12.8 Å². The first-order valence-corrected chi connectivity index (χ1v) is 11.1. The summed E-state index contributed by atoms with van der Waals surface area (Å²) in [5.41, 5.74) is 2.22. The molecule has 1 aromatic heterocycles. The highest BCUT2D eigenvalue weighted by Crippen LogP contribution is 2.30. The SMILES string of the molecule is COc1ccc(CN(C(=O)COC(=O)c2sc(-c3ccc(F)cc3)nc2C)C2CC2)cc1. The molecule has 0 bridgehead atoms. The molecule has 1 fully saturated rings. The van der Waals surface area contributed by atoms with Gasteiger partial charge in [-0.25, -0.2) is 14.2 Å². The van der Waals surface area contributed by atoms with Gasteiger partial charge in [0, 0.05) is 18.2 Å². The van der Waals surface area contributed by atoms with Gasteiger partial charge in [0.25, 0.3) is 5.91 Å². The van der Waals surface area contributed by atoms with E-state index in [4.69, 9.17) is 9.47 Å². The van der Waals surface area contributed by atoms with Crippen molar-refractivity contribution in [2.24, 2.45) is 0 Å². The summed E-state index contributed by atoms with van der Waals surface area (Å²) in [5.74, 6) is -0.388. The molecule has 1 heterocycles. The number of benzene rings is 2. The minimum absolute atomic E-state index is 0.179. The van der Waals surface area contributed by atoms with E-state index in [0.717, 1.165) is 24.2 Å². The van der Waals surface area contributed by atoms with Crippen molar-refractivity contribution in [2.75, 3.05) is 13.7 Å². The molecule has 0 N–H and O–H groups in total. The van der Waals surface area contributed by atoms with E-state index in [2.05, 4.69) is 4.98 Å². The summed E-state index contributed by atoms with van der Waals surface area (Å²) in [7, 11) is 1.61. The van der Waals surface area contributed by atoms with Gasteiger partial charge >= 0.3 is 5.97 Å². The summed E-state index contributed by atoms with van der Waals surface area (Å²) >= 11 is 1.17. The molecule has 8 heteroatoms. The lowest BCUT2D eigenvalue weighted by Gasteiger charge is -2.22. The molecule has 1 saturated carbocycles. The minimum atomic E-state index is -0.582. The Morgan fingerprint density at radius 3 is 2.44 bits per heavy atom. The molecule has 32 heavy (non-hydrogen) atoms. The van der Waals surface area contributed by atoms with Crippen molar-refractivity contribution in [3.05, 3.63) is 70.5 Å². The van der Waals surface area contributed by atoms with Gasteiger partial charge in [0.1, 0.15) is 21.5 Å². The molecule has 1 aliphatic rings. The first-order chi connectivity index (χ1) is 15.4. The quantitative estimate of drug-likeness (QED) is 0.465. The largest absolute Gasteiger partial charge is 0.497 e. The highest BCUT2D eigenvalue weighted by molar-refractivity contribution is 7.17. The lowest BCUT2D eigenvalue weighted by atomic mass is 10.2. The Labute approximate surface area is 189 Å². The van der Waals surface area contributed by atoms with Crippen molar-refractivity contribution in [3.63, 3.8) is 0 Å². The number of amides is 1. The summed E-state index contributed by atoms with van der Waals surface area (Å²) in [4.78, 5) is 31.9. The summed E-state index contributed by atoms with van der Waals surface area (Å²) in [5, 5.41) is 0.597. The third kappa shape index (κ3) is 5.13. The molecule has 0 atom stereocenters. The number of ether oxygens (including phenoxy) is 2. The first kappa shape index (κ1) is 22.0. The monoisotopic (exact) mass is 454 g/mol. The molecule has 0 aliphatic heterocycles. The molecule has 2 aromatic carbocycles. The number of rotatable bonds is 8. The zero-order valence-corrected chi connectivity index (χ0v) is 18.7. The van der Waals surface area contributed by atoms with Crippen LogP contribution in [0.4, 0.5) is 4.39 Å². The first-order valence-electron chi connectivity index (χ1n) is 10.3. The summed E-state index contributed by atoms with van der Waals surface area (Å²) in [6.07, 6.45) is 1.90. The second kappa shape index (κ2) is 9.48. The molecule has 1 amide bonds. The number of nitrogens with zero attached hydrogens (tertiary/aromatic N) is 2. The van der Waals surface area contributed by atoms with Crippen LogP contribution in [-0.2, 0) is 16.1 Å². The maximum atomic E-state index is 13.2. The molecular weight excluding hydrogens is 431 g/mol. The third-order valence-corrected chi connectivity index (χ3v) is 6.41. The number of methoxy groups -OCH3 is 1. The number of carbonyl (C=O) groups excluding carboxylic acids is 2. The van der Waals surface area contributed by atoms with E-state index in [1.165, 1.54) is 23.5 Å². The molecule has 0 unspecified atom stereocenters. The molecule has 0 radical (unpaired) electrons. The van der Waals surface area contributed by atoms with Gasteiger partial charge < -0.3 is 14.4 Å². The molecule has 0 spiro atoms. The lowest BCUT2D eigenvalue weighted by Crippen LogP contribution is -2.36. The normalized spacial score (nSPS) is 13.0. The molecule has 3 aromatic rings. The number of aryl methyl sites for hydroxylation is 1. The van der Waals surface area contributed by atoms with Crippen molar-refractivity contribution >= 4 is 23.2 Å². The number of halogens is 1. The smallest absolute Gasteiger partial charge is 0.350 e. The van der Waals surface area contributed by atoms with Gasteiger partial charge in [-0.2, -0.15) is 0 Å². The Kier molecular flexibility index (Phi) is 6.50. The average Bonchev–Trinajstić information content (AvgIpc) is 3.57. The highest BCUT2D eigenvalue weighted by atomic mass is 32.1. The van der Waals surface area contributed by atoms with Gasteiger partial charge in [-0.05, 0) is 61.7 Å². The number of esters is 1. The van der Waals surface area contributed by atoms with E-state index in [-0.39, 0.29) is 24.4 Å². The van der Waals surface area contributed by atoms with Crippen molar-refractivity contribution in [1.82, 2.24) is 9.88 Å². The van der Waals surface area contributed by atoms with Crippen LogP contribution in [0.2, 0.25) is 0 Å². The van der Waals surface area contributed by atoms with Crippen molar-refractivity contribution in [2.45, 2.75) is 32.4 Å². The molecule has 4 rings (SSSR count). The molecular formula is C24H23FN2O4S. The van der Waals surface area contributed by atoms with Crippen LogP contribution in [0.5, 0.6) is 5.75 Å². The van der Waals surface area contributed by atoms with Crippen LogP contribution in [0.15, 0.2) is 48.5 Å². The maximum absolute atomic E-state index is 13.2. The Morgan fingerprint density at radius 2 is 1.81 bits per heavy atom. The van der Waals surface area contributed by atoms with Crippen LogP contribution in [0.25, 0.3) is 10.6 Å². The fourth-order valence-corrected chi connectivity index (χ4v) is 4.28. The number of thiazole rings is 1. The minimum Gasteiger partial charge on any atom is -0.497 e. The Bertz CT molecular complexity index is 1110. The van der Waals surface area contributed by atoms with Crippen molar-refractivity contribution in [3.8, 4) is 16.3 Å². The highest BCUT2D eigenvalue weighted by Gasteiger charge is 2.33. The van der Waals surface area contributed by atoms with Crippen LogP contribution in [-0.4, -0.2) is 41.5 Å².